The van der Waals surface area contributed by atoms with E-state index in [2.05, 4.69) is 0 Å². The van der Waals surface area contributed by atoms with Crippen LogP contribution >= 0.6 is 0 Å². The van der Waals surface area contributed by atoms with Crippen LogP contribution in [-0.2, 0) is 9.47 Å². The predicted octanol–water partition coefficient (Wildman–Crippen LogP) is 1.31. The maximum absolute atomic E-state index is 5.93. The summed E-state index contributed by atoms with van der Waals surface area (Å²) in [4.78, 5) is 0. The van der Waals surface area contributed by atoms with Crippen LogP contribution in [0.25, 0.3) is 0 Å². The lowest BCUT2D eigenvalue weighted by Gasteiger charge is -2.19. The van der Waals surface area contributed by atoms with Gasteiger partial charge in [0.25, 0.3) is 0 Å². The molecule has 2 N–H and O–H groups in total. The predicted molar refractivity (Wildman–Crippen MR) is 52.7 cm³/mol. The molecule has 0 saturated carbocycles. The molecule has 0 bridgehead atoms. The first kappa shape index (κ1) is 11.0. The molecule has 0 aromatic rings. The van der Waals surface area contributed by atoms with Gasteiger partial charge in [0.1, 0.15) is 0 Å². The van der Waals surface area contributed by atoms with Crippen LogP contribution in [0.1, 0.15) is 32.6 Å². The highest BCUT2D eigenvalue weighted by molar-refractivity contribution is 4.73. The molecule has 0 aromatic carbocycles. The van der Waals surface area contributed by atoms with Gasteiger partial charge in [0.15, 0.2) is 0 Å². The summed E-state index contributed by atoms with van der Waals surface area (Å²) >= 11 is 0. The molecule has 0 amide bonds. The molecule has 3 unspecified atom stereocenters. The molecule has 3 heteroatoms. The van der Waals surface area contributed by atoms with Crippen molar-refractivity contribution in [3.05, 3.63) is 0 Å². The Labute approximate surface area is 80.6 Å². The van der Waals surface area contributed by atoms with E-state index < -0.39 is 0 Å². The van der Waals surface area contributed by atoms with E-state index in [0.29, 0.717) is 6.10 Å². The van der Waals surface area contributed by atoms with Crippen molar-refractivity contribution in [1.29, 1.82) is 0 Å². The summed E-state index contributed by atoms with van der Waals surface area (Å²) in [7, 11) is 1.70. The quantitative estimate of drug-likeness (QED) is 0.705. The van der Waals surface area contributed by atoms with Crippen molar-refractivity contribution >= 4 is 0 Å². The van der Waals surface area contributed by atoms with Gasteiger partial charge in [0.2, 0.25) is 0 Å². The molecule has 3 atom stereocenters. The van der Waals surface area contributed by atoms with Gasteiger partial charge < -0.3 is 15.2 Å². The molecule has 0 aliphatic carbocycles. The van der Waals surface area contributed by atoms with Gasteiger partial charge in [-0.25, -0.2) is 0 Å². The minimum atomic E-state index is 0.147. The standard InChI is InChI=1S/C10H21NO2/c1-8(12-2)10(11)6-5-9-4-3-7-13-9/h8-10H,3-7,11H2,1-2H3. The summed E-state index contributed by atoms with van der Waals surface area (Å²) in [5.41, 5.74) is 5.93. The minimum Gasteiger partial charge on any atom is -0.380 e. The van der Waals surface area contributed by atoms with Gasteiger partial charge in [-0.3, -0.25) is 0 Å². The van der Waals surface area contributed by atoms with E-state index in [1.165, 1.54) is 12.8 Å². The normalized spacial score (nSPS) is 27.5. The molecule has 1 fully saturated rings. The topological polar surface area (TPSA) is 44.5 Å². The van der Waals surface area contributed by atoms with Crippen LogP contribution in [0.4, 0.5) is 0 Å². The highest BCUT2D eigenvalue weighted by Crippen LogP contribution is 2.18. The Morgan fingerprint density at radius 1 is 1.62 bits per heavy atom. The molecule has 1 heterocycles. The maximum atomic E-state index is 5.93. The van der Waals surface area contributed by atoms with Gasteiger partial charge in [0, 0.05) is 19.8 Å². The molecule has 13 heavy (non-hydrogen) atoms. The van der Waals surface area contributed by atoms with E-state index in [1.54, 1.807) is 7.11 Å². The van der Waals surface area contributed by atoms with Crippen molar-refractivity contribution in [1.82, 2.24) is 0 Å². The molecule has 0 aromatic heterocycles. The summed E-state index contributed by atoms with van der Waals surface area (Å²) in [6, 6.07) is 0.147. The van der Waals surface area contributed by atoms with E-state index >= 15 is 0 Å². The van der Waals surface area contributed by atoms with E-state index in [-0.39, 0.29) is 12.1 Å². The van der Waals surface area contributed by atoms with Gasteiger partial charge in [-0.05, 0) is 32.6 Å². The van der Waals surface area contributed by atoms with E-state index in [0.717, 1.165) is 19.4 Å². The SMILES string of the molecule is COC(C)C(N)CCC1CCCO1. The average Bonchev–Trinajstić information content (AvgIpc) is 2.65. The number of methoxy groups -OCH3 is 1. The van der Waals surface area contributed by atoms with Crippen molar-refractivity contribution < 1.29 is 9.47 Å². The third kappa shape index (κ3) is 3.63. The lowest BCUT2D eigenvalue weighted by molar-refractivity contribution is 0.0731. The Hall–Kier alpha value is -0.120. The first-order valence-corrected chi connectivity index (χ1v) is 5.14. The van der Waals surface area contributed by atoms with Crippen LogP contribution < -0.4 is 5.73 Å². The van der Waals surface area contributed by atoms with Crippen LogP contribution in [0.3, 0.4) is 0 Å². The van der Waals surface area contributed by atoms with Gasteiger partial charge in [-0.2, -0.15) is 0 Å². The molecule has 0 radical (unpaired) electrons. The second-order valence-electron chi connectivity index (χ2n) is 3.82. The van der Waals surface area contributed by atoms with Gasteiger partial charge in [0.05, 0.1) is 12.2 Å². The lowest BCUT2D eigenvalue weighted by Crippen LogP contribution is -2.34. The van der Waals surface area contributed by atoms with Crippen molar-refractivity contribution in [2.24, 2.45) is 5.73 Å². The molecule has 0 spiro atoms. The molecule has 78 valence electrons. The van der Waals surface area contributed by atoms with Gasteiger partial charge in [-0.15, -0.1) is 0 Å². The minimum absolute atomic E-state index is 0.147. The van der Waals surface area contributed by atoms with E-state index in [4.69, 9.17) is 15.2 Å². The summed E-state index contributed by atoms with van der Waals surface area (Å²) < 4.78 is 10.7. The van der Waals surface area contributed by atoms with Crippen LogP contribution in [0.2, 0.25) is 0 Å². The number of nitrogens with two attached hydrogens (primary N) is 1. The fourth-order valence-corrected chi connectivity index (χ4v) is 1.66. The van der Waals surface area contributed by atoms with Crippen LogP contribution in [0.5, 0.6) is 0 Å². The van der Waals surface area contributed by atoms with Gasteiger partial charge >= 0.3 is 0 Å². The van der Waals surface area contributed by atoms with Crippen molar-refractivity contribution in [3.8, 4) is 0 Å². The summed E-state index contributed by atoms with van der Waals surface area (Å²) in [6.45, 7) is 2.94. The second-order valence-corrected chi connectivity index (χ2v) is 3.82. The molecule has 1 rings (SSSR count). The van der Waals surface area contributed by atoms with Crippen LogP contribution in [-0.4, -0.2) is 32.0 Å². The monoisotopic (exact) mass is 187 g/mol. The summed E-state index contributed by atoms with van der Waals surface area (Å²) in [5.74, 6) is 0. The van der Waals surface area contributed by atoms with Crippen molar-refractivity contribution in [3.63, 3.8) is 0 Å². The van der Waals surface area contributed by atoms with Crippen LogP contribution in [0.15, 0.2) is 0 Å². The maximum Gasteiger partial charge on any atom is 0.0694 e. The molecular formula is C10H21NO2. The molecular weight excluding hydrogens is 166 g/mol. The Bertz CT molecular complexity index is 135. The summed E-state index contributed by atoms with van der Waals surface area (Å²) in [6.07, 6.45) is 5.10. The first-order valence-electron chi connectivity index (χ1n) is 5.14. The largest absolute Gasteiger partial charge is 0.380 e. The first-order chi connectivity index (χ1) is 6.24. The van der Waals surface area contributed by atoms with Gasteiger partial charge in [-0.1, -0.05) is 0 Å². The zero-order valence-corrected chi connectivity index (χ0v) is 8.66. The van der Waals surface area contributed by atoms with Crippen LogP contribution in [0, 0.1) is 0 Å². The lowest BCUT2D eigenvalue weighted by atomic mass is 10.0. The highest BCUT2D eigenvalue weighted by atomic mass is 16.5. The Balaban J connectivity index is 2.10. The average molecular weight is 187 g/mol. The number of hydrogen-bond donors (Lipinski definition) is 1. The third-order valence-corrected chi connectivity index (χ3v) is 2.82. The number of hydrogen-bond acceptors (Lipinski definition) is 3. The Morgan fingerprint density at radius 2 is 2.38 bits per heavy atom. The summed E-state index contributed by atoms with van der Waals surface area (Å²) in [5, 5.41) is 0. The van der Waals surface area contributed by atoms with E-state index in [1.807, 2.05) is 6.92 Å². The molecule has 1 saturated heterocycles. The van der Waals surface area contributed by atoms with E-state index in [9.17, 15) is 0 Å². The second kappa shape index (κ2) is 5.58. The smallest absolute Gasteiger partial charge is 0.0694 e. The number of ether oxygens (including phenoxy) is 2. The Morgan fingerprint density at radius 3 is 2.92 bits per heavy atom. The Kier molecular flexibility index (Phi) is 4.70. The zero-order chi connectivity index (χ0) is 9.68. The van der Waals surface area contributed by atoms with Crippen molar-refractivity contribution in [2.75, 3.05) is 13.7 Å². The fraction of sp³-hybridized carbons (Fsp3) is 1.00. The molecule has 1 aliphatic rings. The fourth-order valence-electron chi connectivity index (χ4n) is 1.66. The molecule has 1 aliphatic heterocycles. The number of rotatable bonds is 5. The highest BCUT2D eigenvalue weighted by Gasteiger charge is 2.18. The molecule has 3 nitrogen and oxygen atoms in total. The van der Waals surface area contributed by atoms with Crippen molar-refractivity contribution in [2.45, 2.75) is 50.9 Å². The third-order valence-electron chi connectivity index (χ3n) is 2.82. The zero-order valence-electron chi connectivity index (χ0n) is 8.66.